The molecule has 2 rings (SSSR count). The van der Waals surface area contributed by atoms with Crippen molar-refractivity contribution in [3.8, 4) is 17.6 Å². The van der Waals surface area contributed by atoms with Crippen LogP contribution in [0.15, 0.2) is 36.4 Å². The number of benzene rings is 2. The van der Waals surface area contributed by atoms with Crippen LogP contribution in [-0.4, -0.2) is 4.92 Å². The fraction of sp³-hybridized carbons (Fsp3) is 0.0714. The molecule has 20 heavy (non-hydrogen) atoms. The molecule has 0 unspecified atom stereocenters. The molecule has 0 saturated carbocycles. The highest BCUT2D eigenvalue weighted by Gasteiger charge is 2.18. The van der Waals surface area contributed by atoms with Crippen molar-refractivity contribution in [3.63, 3.8) is 0 Å². The van der Waals surface area contributed by atoms with Gasteiger partial charge < -0.3 is 4.74 Å². The summed E-state index contributed by atoms with van der Waals surface area (Å²) in [4.78, 5) is 10.3. The summed E-state index contributed by atoms with van der Waals surface area (Å²) in [6.07, 6.45) is 0. The summed E-state index contributed by atoms with van der Waals surface area (Å²) in [6.45, 7) is 1.74. The van der Waals surface area contributed by atoms with Crippen molar-refractivity contribution in [3.05, 3.63) is 63.5 Å². The Morgan fingerprint density at radius 2 is 2.05 bits per heavy atom. The second-order valence-electron chi connectivity index (χ2n) is 4.06. The largest absolute Gasteiger partial charge is 0.449 e. The van der Waals surface area contributed by atoms with Crippen LogP contribution >= 0.6 is 0 Å². The minimum Gasteiger partial charge on any atom is -0.449 e. The van der Waals surface area contributed by atoms with E-state index >= 15 is 0 Å². The number of aryl methyl sites for hydroxylation is 1. The molecule has 0 atom stereocenters. The number of halogens is 1. The third-order valence-corrected chi connectivity index (χ3v) is 2.62. The highest BCUT2D eigenvalue weighted by Crippen LogP contribution is 2.34. The molecular weight excluding hydrogens is 263 g/mol. The Morgan fingerprint density at radius 1 is 1.30 bits per heavy atom. The van der Waals surface area contributed by atoms with Crippen LogP contribution in [0.5, 0.6) is 11.5 Å². The Labute approximate surface area is 114 Å². The Kier molecular flexibility index (Phi) is 3.62. The van der Waals surface area contributed by atoms with E-state index in [-0.39, 0.29) is 22.7 Å². The van der Waals surface area contributed by atoms with Crippen molar-refractivity contribution in [1.29, 1.82) is 5.26 Å². The summed E-state index contributed by atoms with van der Waals surface area (Å²) in [6, 6.07) is 9.88. The van der Waals surface area contributed by atoms with Gasteiger partial charge in [-0.2, -0.15) is 5.26 Å². The second-order valence-corrected chi connectivity index (χ2v) is 4.06. The average molecular weight is 272 g/mol. The van der Waals surface area contributed by atoms with E-state index < -0.39 is 10.7 Å². The van der Waals surface area contributed by atoms with Crippen LogP contribution in [-0.2, 0) is 0 Å². The van der Waals surface area contributed by atoms with Crippen LogP contribution in [0.2, 0.25) is 0 Å². The van der Waals surface area contributed by atoms with Gasteiger partial charge in [-0.05, 0) is 30.7 Å². The number of nitriles is 1. The standard InChI is InChI=1S/C14H9FN2O3/c1-9-5-6-12(17(18)19)14(7-9)20-13-4-2-3-11(15)10(13)8-16/h2-7H,1H3. The molecule has 0 saturated heterocycles. The monoisotopic (exact) mass is 272 g/mol. The van der Waals surface area contributed by atoms with Crippen LogP contribution in [0.3, 0.4) is 0 Å². The van der Waals surface area contributed by atoms with Gasteiger partial charge in [0.15, 0.2) is 0 Å². The minimum atomic E-state index is -0.736. The number of ether oxygens (including phenoxy) is 1. The lowest BCUT2D eigenvalue weighted by molar-refractivity contribution is -0.385. The Balaban J connectivity index is 2.51. The fourth-order valence-electron chi connectivity index (χ4n) is 1.67. The lowest BCUT2D eigenvalue weighted by Crippen LogP contribution is -1.96. The van der Waals surface area contributed by atoms with E-state index in [1.807, 2.05) is 0 Å². The number of hydrogen-bond donors (Lipinski definition) is 0. The molecular formula is C14H9FN2O3. The molecule has 5 nitrogen and oxygen atoms in total. The smallest absolute Gasteiger partial charge is 0.311 e. The highest BCUT2D eigenvalue weighted by molar-refractivity contribution is 5.53. The predicted molar refractivity (Wildman–Crippen MR) is 69.0 cm³/mol. The molecule has 0 spiro atoms. The second kappa shape index (κ2) is 5.36. The van der Waals surface area contributed by atoms with Gasteiger partial charge in [0.05, 0.1) is 4.92 Å². The number of nitro groups is 1. The molecule has 0 aliphatic rings. The van der Waals surface area contributed by atoms with Crippen molar-refractivity contribution < 1.29 is 14.1 Å². The molecule has 0 aliphatic carbocycles. The van der Waals surface area contributed by atoms with Crippen LogP contribution in [0.4, 0.5) is 10.1 Å². The van der Waals surface area contributed by atoms with E-state index in [9.17, 15) is 14.5 Å². The summed E-state index contributed by atoms with van der Waals surface area (Å²) >= 11 is 0. The first-order valence-electron chi connectivity index (χ1n) is 5.64. The van der Waals surface area contributed by atoms with E-state index in [4.69, 9.17) is 10.00 Å². The minimum absolute atomic E-state index is 0.0305. The summed E-state index contributed by atoms with van der Waals surface area (Å²) < 4.78 is 18.8. The van der Waals surface area contributed by atoms with Crippen molar-refractivity contribution in [2.75, 3.05) is 0 Å². The lowest BCUT2D eigenvalue weighted by atomic mass is 10.2. The van der Waals surface area contributed by atoms with Crippen LogP contribution < -0.4 is 4.74 Å². The SMILES string of the molecule is Cc1ccc([N+](=O)[O-])c(Oc2cccc(F)c2C#N)c1. The van der Waals surface area contributed by atoms with Gasteiger partial charge in [-0.1, -0.05) is 12.1 Å². The molecule has 0 fully saturated rings. The van der Waals surface area contributed by atoms with Crippen LogP contribution in [0.1, 0.15) is 11.1 Å². The normalized spacial score (nSPS) is 9.85. The molecule has 0 aliphatic heterocycles. The van der Waals surface area contributed by atoms with Gasteiger partial charge in [0.25, 0.3) is 0 Å². The van der Waals surface area contributed by atoms with Crippen molar-refractivity contribution in [2.24, 2.45) is 0 Å². The van der Waals surface area contributed by atoms with Crippen LogP contribution in [0, 0.1) is 34.2 Å². The maximum Gasteiger partial charge on any atom is 0.311 e. The molecule has 2 aromatic carbocycles. The van der Waals surface area contributed by atoms with Gasteiger partial charge in [-0.3, -0.25) is 10.1 Å². The first kappa shape index (κ1) is 13.5. The van der Waals surface area contributed by atoms with E-state index in [0.717, 1.165) is 11.6 Å². The Bertz CT molecular complexity index is 723. The van der Waals surface area contributed by atoms with Gasteiger partial charge in [-0.15, -0.1) is 0 Å². The van der Waals surface area contributed by atoms with Gasteiger partial charge >= 0.3 is 5.69 Å². The van der Waals surface area contributed by atoms with E-state index in [2.05, 4.69) is 0 Å². The van der Waals surface area contributed by atoms with E-state index in [0.29, 0.717) is 0 Å². The molecule has 0 amide bonds. The molecule has 2 aromatic rings. The molecule has 0 radical (unpaired) electrons. The van der Waals surface area contributed by atoms with Crippen LogP contribution in [0.25, 0.3) is 0 Å². The maximum absolute atomic E-state index is 13.5. The molecule has 100 valence electrons. The Morgan fingerprint density at radius 3 is 2.70 bits per heavy atom. The van der Waals surface area contributed by atoms with E-state index in [1.165, 1.54) is 24.3 Å². The number of nitrogens with zero attached hydrogens (tertiary/aromatic N) is 2. The highest BCUT2D eigenvalue weighted by atomic mass is 19.1. The number of hydrogen-bond acceptors (Lipinski definition) is 4. The Hall–Kier alpha value is -2.94. The van der Waals surface area contributed by atoms with Crippen molar-refractivity contribution in [1.82, 2.24) is 0 Å². The average Bonchev–Trinajstić information content (AvgIpc) is 2.38. The fourth-order valence-corrected chi connectivity index (χ4v) is 1.67. The molecule has 0 heterocycles. The van der Waals surface area contributed by atoms with Gasteiger partial charge in [0, 0.05) is 6.07 Å². The summed E-state index contributed by atoms with van der Waals surface area (Å²) in [5, 5.41) is 19.8. The third kappa shape index (κ3) is 2.57. The molecule has 0 N–H and O–H groups in total. The quantitative estimate of drug-likeness (QED) is 0.630. The summed E-state index contributed by atoms with van der Waals surface area (Å²) in [5.74, 6) is -0.821. The predicted octanol–water partition coefficient (Wildman–Crippen LogP) is 3.71. The number of nitro benzene ring substituents is 1. The first-order valence-corrected chi connectivity index (χ1v) is 5.64. The summed E-state index contributed by atoms with van der Waals surface area (Å²) in [5.41, 5.74) is 0.215. The van der Waals surface area contributed by atoms with Gasteiger partial charge in [0.1, 0.15) is 23.2 Å². The zero-order valence-electron chi connectivity index (χ0n) is 10.5. The summed E-state index contributed by atoms with van der Waals surface area (Å²) in [7, 11) is 0. The van der Waals surface area contributed by atoms with E-state index in [1.54, 1.807) is 19.1 Å². The topological polar surface area (TPSA) is 76.2 Å². The van der Waals surface area contributed by atoms with Gasteiger partial charge in [-0.25, -0.2) is 4.39 Å². The maximum atomic E-state index is 13.5. The third-order valence-electron chi connectivity index (χ3n) is 2.62. The van der Waals surface area contributed by atoms with Gasteiger partial charge in [0.2, 0.25) is 5.75 Å². The zero-order valence-corrected chi connectivity index (χ0v) is 10.5. The zero-order chi connectivity index (χ0) is 14.7. The number of rotatable bonds is 3. The lowest BCUT2D eigenvalue weighted by Gasteiger charge is -2.08. The first-order chi connectivity index (χ1) is 9.52. The van der Waals surface area contributed by atoms with Crippen molar-refractivity contribution in [2.45, 2.75) is 6.92 Å². The molecule has 0 bridgehead atoms. The molecule has 6 heteroatoms. The molecule has 0 aromatic heterocycles. The van der Waals surface area contributed by atoms with Crippen molar-refractivity contribution >= 4 is 5.69 Å².